The zero-order valence-corrected chi connectivity index (χ0v) is 20.2. The van der Waals surface area contributed by atoms with Crippen molar-refractivity contribution in [2.75, 3.05) is 0 Å². The van der Waals surface area contributed by atoms with Gasteiger partial charge in [-0.3, -0.25) is 4.79 Å². The highest BCUT2D eigenvalue weighted by molar-refractivity contribution is 7.28. The molecular weight excluding hydrogens is 343 g/mol. The van der Waals surface area contributed by atoms with Crippen LogP contribution in [0.2, 0.25) is 69.4 Å². The fraction of sp³-hybridized carbons (Fsp3) is 0.923. The van der Waals surface area contributed by atoms with Gasteiger partial charge in [0, 0.05) is 23.1 Å². The van der Waals surface area contributed by atoms with Crippen LogP contribution in [0.1, 0.15) is 6.92 Å². The number of carbonyl (C=O) groups excluding carboxylic acids is 1. The molecule has 22 heavy (non-hydrogen) atoms. The highest BCUT2D eigenvalue weighted by Crippen LogP contribution is 2.60. The van der Waals surface area contributed by atoms with E-state index in [9.17, 15) is 10.3 Å². The summed E-state index contributed by atoms with van der Waals surface area (Å²) in [5.74, 6) is -0.205. The summed E-state index contributed by atoms with van der Waals surface area (Å²) < 4.78 is 10.3. The van der Waals surface area contributed by atoms with Gasteiger partial charge in [0.2, 0.25) is 8.32 Å². The minimum absolute atomic E-state index is 0.0576. The second-order valence-electron chi connectivity index (χ2n) is 9.10. The van der Waals surface area contributed by atoms with Crippen LogP contribution >= 0.6 is 0 Å². The Morgan fingerprint density at radius 2 is 1.32 bits per heavy atom. The molecule has 0 aliphatic heterocycles. The van der Waals surface area contributed by atoms with Crippen LogP contribution in [0.15, 0.2) is 4.78 Å². The van der Waals surface area contributed by atoms with Gasteiger partial charge in [0.05, 0.1) is 0 Å². The average Bonchev–Trinajstić information content (AvgIpc) is 2.07. The van der Waals surface area contributed by atoms with E-state index in [2.05, 4.69) is 75.2 Å². The van der Waals surface area contributed by atoms with Crippen molar-refractivity contribution in [3.05, 3.63) is 10.4 Å². The molecule has 128 valence electrons. The molecule has 0 unspecified atom stereocenters. The lowest BCUT2D eigenvalue weighted by Crippen LogP contribution is -2.77. The first-order valence-corrected chi connectivity index (χ1v) is 20.6. The van der Waals surface area contributed by atoms with Crippen molar-refractivity contribution in [3.63, 3.8) is 0 Å². The Bertz CT molecular complexity index is 472. The molecule has 0 atom stereocenters. The second kappa shape index (κ2) is 6.27. The topological polar surface area (TPSA) is 75.1 Å². The summed E-state index contributed by atoms with van der Waals surface area (Å²) in [6, 6.07) is 0. The largest absolute Gasteiger partial charge is 0.520 e. The number of rotatable bonds is 6. The molecule has 0 N–H and O–H groups in total. The summed E-state index contributed by atoms with van der Waals surface area (Å²) in [5, 5.41) is 0. The summed E-state index contributed by atoms with van der Waals surface area (Å²) in [5.41, 5.74) is 9.18. The maximum Gasteiger partial charge on any atom is 0.289 e. The van der Waals surface area contributed by atoms with Crippen LogP contribution in [0.3, 0.4) is 0 Å². The van der Waals surface area contributed by atoms with Gasteiger partial charge in [0.25, 0.3) is 5.97 Å². The molecule has 0 saturated carbocycles. The highest BCUT2D eigenvalue weighted by atomic mass is 28.5. The molecular formula is C13H33N3O2Si4. The molecule has 0 rings (SSSR count). The first-order valence-electron chi connectivity index (χ1n) is 7.74. The Balaban J connectivity index is 6.92. The van der Waals surface area contributed by atoms with Crippen LogP contribution in [0.4, 0.5) is 0 Å². The molecule has 0 aromatic carbocycles. The normalized spacial score (nSPS) is 14.3. The van der Waals surface area contributed by atoms with Gasteiger partial charge in [-0.15, -0.1) is 4.78 Å². The van der Waals surface area contributed by atoms with Crippen molar-refractivity contribution in [2.45, 2.75) is 76.3 Å². The Morgan fingerprint density at radius 1 is 0.955 bits per heavy atom. The Morgan fingerprint density at radius 3 is 1.55 bits per heavy atom. The van der Waals surface area contributed by atoms with E-state index in [-0.39, 0.29) is 9.88 Å². The average molecular weight is 376 g/mol. The molecule has 0 aliphatic carbocycles. The lowest BCUT2D eigenvalue weighted by atomic mass is 10.9. The van der Waals surface area contributed by atoms with Gasteiger partial charge in [-0.25, -0.2) is 0 Å². The van der Waals surface area contributed by atoms with Crippen molar-refractivity contribution >= 4 is 38.7 Å². The molecule has 5 nitrogen and oxygen atoms in total. The monoisotopic (exact) mass is 375 g/mol. The standard InChI is InChI=1S/C13H33N3O2Si4/c1-12(17)18-22(10,11)13(19(2,3)4,20(5,6)7)21(8,9)16-15-14/h1-11H3. The molecule has 9 heteroatoms. The molecule has 0 fully saturated rings. The van der Waals surface area contributed by atoms with E-state index < -0.39 is 32.7 Å². The van der Waals surface area contributed by atoms with E-state index >= 15 is 0 Å². The van der Waals surface area contributed by atoms with E-state index in [1.54, 1.807) is 0 Å². The molecule has 0 aromatic heterocycles. The van der Waals surface area contributed by atoms with Gasteiger partial charge in [-0.1, -0.05) is 52.4 Å². The van der Waals surface area contributed by atoms with Crippen LogP contribution in [0.25, 0.3) is 10.4 Å². The zero-order chi connectivity index (χ0) is 18.2. The quantitative estimate of drug-likeness (QED) is 0.273. The summed E-state index contributed by atoms with van der Waals surface area (Å²) in [6.45, 7) is 24.3. The third-order valence-electron chi connectivity index (χ3n) is 4.76. The smallest absolute Gasteiger partial charge is 0.289 e. The molecule has 0 bridgehead atoms. The van der Waals surface area contributed by atoms with E-state index in [4.69, 9.17) is 4.43 Å². The minimum Gasteiger partial charge on any atom is -0.520 e. The first-order chi connectivity index (χ1) is 9.48. The van der Waals surface area contributed by atoms with Crippen molar-refractivity contribution in [3.8, 4) is 0 Å². The van der Waals surface area contributed by atoms with Crippen molar-refractivity contribution in [2.24, 2.45) is 4.78 Å². The second-order valence-corrected chi connectivity index (χ2v) is 30.6. The maximum absolute atomic E-state index is 11.8. The van der Waals surface area contributed by atoms with Crippen LogP contribution in [0.5, 0.6) is 0 Å². The summed E-state index contributed by atoms with van der Waals surface area (Å²) in [6.07, 6.45) is 0. The maximum atomic E-state index is 11.8. The van der Waals surface area contributed by atoms with Gasteiger partial charge in [0.15, 0.2) is 8.24 Å². The summed E-state index contributed by atoms with van der Waals surface area (Å²) >= 11 is 0. The number of hydrogen-bond donors (Lipinski definition) is 0. The first kappa shape index (κ1) is 21.6. The molecule has 0 aromatic rings. The number of azide groups is 1. The SMILES string of the molecule is CC(=O)O[Si](C)(C)C([Si](C)(C)C)([Si](C)(C)C)[Si](C)(C)N=[N+]=[N-]. The Labute approximate surface area is 139 Å². The molecule has 0 spiro atoms. The van der Waals surface area contributed by atoms with Gasteiger partial charge < -0.3 is 4.43 Å². The zero-order valence-electron chi connectivity index (χ0n) is 16.2. The van der Waals surface area contributed by atoms with Gasteiger partial charge in [-0.2, -0.15) is 0 Å². The summed E-state index contributed by atoms with van der Waals surface area (Å²) in [7, 11) is -8.37. The minimum atomic E-state index is -2.42. The molecule has 0 radical (unpaired) electrons. The van der Waals surface area contributed by atoms with Gasteiger partial charge in [-0.05, 0) is 27.4 Å². The molecule has 0 heterocycles. The number of carbonyl (C=O) groups is 1. The fourth-order valence-electron chi connectivity index (χ4n) is 6.13. The van der Waals surface area contributed by atoms with E-state index in [0.29, 0.717) is 0 Å². The Hall–Kier alpha value is -0.352. The summed E-state index contributed by atoms with van der Waals surface area (Å²) in [4.78, 5) is 15.0. The van der Waals surface area contributed by atoms with Crippen molar-refractivity contribution in [1.82, 2.24) is 0 Å². The third-order valence-corrected chi connectivity index (χ3v) is 38.7. The highest BCUT2D eigenvalue weighted by Gasteiger charge is 2.71. The predicted octanol–water partition coefficient (Wildman–Crippen LogP) is 5.30. The van der Waals surface area contributed by atoms with Crippen LogP contribution < -0.4 is 0 Å². The van der Waals surface area contributed by atoms with E-state index in [1.165, 1.54) is 6.92 Å². The lowest BCUT2D eigenvalue weighted by molar-refractivity contribution is -0.132. The van der Waals surface area contributed by atoms with Gasteiger partial charge >= 0.3 is 0 Å². The molecule has 0 aliphatic rings. The Kier molecular flexibility index (Phi) is 6.17. The van der Waals surface area contributed by atoms with Crippen LogP contribution in [-0.4, -0.2) is 38.7 Å². The molecule has 0 saturated heterocycles. The fourth-order valence-corrected chi connectivity index (χ4v) is 52.3. The number of nitrogens with zero attached hydrogens (tertiary/aromatic N) is 3. The number of hydrogen-bond acceptors (Lipinski definition) is 3. The van der Waals surface area contributed by atoms with E-state index in [1.807, 2.05) is 0 Å². The predicted molar refractivity (Wildman–Crippen MR) is 105 cm³/mol. The van der Waals surface area contributed by atoms with E-state index in [0.717, 1.165) is 0 Å². The van der Waals surface area contributed by atoms with Crippen molar-refractivity contribution in [1.29, 1.82) is 0 Å². The molecule has 0 amide bonds. The van der Waals surface area contributed by atoms with Crippen molar-refractivity contribution < 1.29 is 9.22 Å². The lowest BCUT2D eigenvalue weighted by Gasteiger charge is -2.63. The van der Waals surface area contributed by atoms with Gasteiger partial charge in [0.1, 0.15) is 0 Å². The van der Waals surface area contributed by atoms with Crippen LogP contribution in [0, 0.1) is 0 Å². The third kappa shape index (κ3) is 3.43. The van der Waals surface area contributed by atoms with Crippen LogP contribution in [-0.2, 0) is 9.22 Å².